The zero-order valence-electron chi connectivity index (χ0n) is 13.9. The van der Waals surface area contributed by atoms with Crippen molar-refractivity contribution in [2.75, 3.05) is 32.8 Å². The summed E-state index contributed by atoms with van der Waals surface area (Å²) in [5.74, 6) is 0.739. The summed E-state index contributed by atoms with van der Waals surface area (Å²) in [5.41, 5.74) is 1.99. The van der Waals surface area contributed by atoms with Gasteiger partial charge in [0.2, 0.25) is 0 Å². The Hall–Kier alpha value is -1.39. The first-order chi connectivity index (χ1) is 11.3. The molecule has 2 aliphatic rings. The molecule has 1 saturated carbocycles. The highest BCUT2D eigenvalue weighted by Crippen LogP contribution is 2.22. The molecular formula is C19H28N2O2. The quantitative estimate of drug-likeness (QED) is 0.908. The molecule has 0 bridgehead atoms. The van der Waals surface area contributed by atoms with E-state index < -0.39 is 0 Å². The van der Waals surface area contributed by atoms with E-state index in [2.05, 4.69) is 16.3 Å². The summed E-state index contributed by atoms with van der Waals surface area (Å²) in [5, 5.41) is 3.13. The molecule has 126 valence electrons. The maximum Gasteiger partial charge on any atom is 0.251 e. The SMILES string of the molecule is O=C(NCC1CCCCC1)c1cccc(CN2CCOCC2)c1. The Morgan fingerprint density at radius 1 is 1.17 bits per heavy atom. The van der Waals surface area contributed by atoms with Crippen molar-refractivity contribution in [2.24, 2.45) is 5.92 Å². The third-order valence-electron chi connectivity index (χ3n) is 4.98. The fourth-order valence-corrected chi connectivity index (χ4v) is 3.56. The smallest absolute Gasteiger partial charge is 0.251 e. The summed E-state index contributed by atoms with van der Waals surface area (Å²) in [6, 6.07) is 8.05. The van der Waals surface area contributed by atoms with E-state index in [-0.39, 0.29) is 5.91 Å². The van der Waals surface area contributed by atoms with Gasteiger partial charge in [-0.05, 0) is 36.5 Å². The summed E-state index contributed by atoms with van der Waals surface area (Å²) < 4.78 is 5.38. The Balaban J connectivity index is 1.52. The summed E-state index contributed by atoms with van der Waals surface area (Å²) in [6.07, 6.45) is 6.51. The van der Waals surface area contributed by atoms with E-state index in [1.54, 1.807) is 0 Å². The van der Waals surface area contributed by atoms with Crippen LogP contribution in [0.5, 0.6) is 0 Å². The van der Waals surface area contributed by atoms with Crippen molar-refractivity contribution in [3.05, 3.63) is 35.4 Å². The molecule has 1 aromatic carbocycles. The second kappa shape index (κ2) is 8.46. The monoisotopic (exact) mass is 316 g/mol. The van der Waals surface area contributed by atoms with Crippen LogP contribution in [0.25, 0.3) is 0 Å². The number of ether oxygens (including phenoxy) is 1. The molecule has 4 heteroatoms. The Morgan fingerprint density at radius 2 is 1.96 bits per heavy atom. The van der Waals surface area contributed by atoms with Crippen molar-refractivity contribution >= 4 is 5.91 Å². The molecule has 1 aliphatic heterocycles. The van der Waals surface area contributed by atoms with Crippen LogP contribution in [-0.4, -0.2) is 43.7 Å². The van der Waals surface area contributed by atoms with E-state index >= 15 is 0 Å². The van der Waals surface area contributed by atoms with Crippen LogP contribution in [0.3, 0.4) is 0 Å². The van der Waals surface area contributed by atoms with Gasteiger partial charge in [-0.3, -0.25) is 9.69 Å². The number of benzene rings is 1. The molecule has 0 atom stereocenters. The normalized spacial score (nSPS) is 20.3. The van der Waals surface area contributed by atoms with Gasteiger partial charge in [-0.25, -0.2) is 0 Å². The Labute approximate surface area is 139 Å². The molecule has 1 N–H and O–H groups in total. The summed E-state index contributed by atoms with van der Waals surface area (Å²) >= 11 is 0. The molecule has 2 fully saturated rings. The molecule has 1 saturated heterocycles. The molecule has 1 heterocycles. The van der Waals surface area contributed by atoms with Gasteiger partial charge in [0, 0.05) is 31.7 Å². The lowest BCUT2D eigenvalue weighted by Gasteiger charge is -2.26. The molecule has 3 rings (SSSR count). The topological polar surface area (TPSA) is 41.6 Å². The van der Waals surface area contributed by atoms with Crippen molar-refractivity contribution in [2.45, 2.75) is 38.6 Å². The largest absolute Gasteiger partial charge is 0.379 e. The second-order valence-corrected chi connectivity index (χ2v) is 6.80. The zero-order valence-corrected chi connectivity index (χ0v) is 13.9. The molecular weight excluding hydrogens is 288 g/mol. The summed E-state index contributed by atoms with van der Waals surface area (Å²) in [4.78, 5) is 14.8. The predicted octanol–water partition coefficient (Wildman–Crippen LogP) is 2.83. The minimum absolute atomic E-state index is 0.0689. The number of carbonyl (C=O) groups is 1. The molecule has 23 heavy (non-hydrogen) atoms. The Bertz CT molecular complexity index is 506. The highest BCUT2D eigenvalue weighted by atomic mass is 16.5. The van der Waals surface area contributed by atoms with Crippen LogP contribution in [0.1, 0.15) is 48.0 Å². The zero-order chi connectivity index (χ0) is 15.9. The fourth-order valence-electron chi connectivity index (χ4n) is 3.56. The number of rotatable bonds is 5. The molecule has 0 aromatic heterocycles. The van der Waals surface area contributed by atoms with Gasteiger partial charge in [0.1, 0.15) is 0 Å². The van der Waals surface area contributed by atoms with E-state index in [1.165, 1.54) is 37.7 Å². The van der Waals surface area contributed by atoms with Crippen molar-refractivity contribution in [1.82, 2.24) is 10.2 Å². The van der Waals surface area contributed by atoms with Gasteiger partial charge in [0.05, 0.1) is 13.2 Å². The third-order valence-corrected chi connectivity index (χ3v) is 4.98. The second-order valence-electron chi connectivity index (χ2n) is 6.80. The first-order valence-electron chi connectivity index (χ1n) is 8.98. The van der Waals surface area contributed by atoms with Gasteiger partial charge in [-0.15, -0.1) is 0 Å². The third kappa shape index (κ3) is 5.05. The van der Waals surface area contributed by atoms with E-state index in [4.69, 9.17) is 4.74 Å². The maximum absolute atomic E-state index is 12.4. The van der Waals surface area contributed by atoms with Gasteiger partial charge >= 0.3 is 0 Å². The number of nitrogens with zero attached hydrogens (tertiary/aromatic N) is 1. The van der Waals surface area contributed by atoms with E-state index in [0.29, 0.717) is 5.92 Å². The molecule has 1 aromatic rings. The van der Waals surface area contributed by atoms with Crippen molar-refractivity contribution in [3.63, 3.8) is 0 Å². The first kappa shape index (κ1) is 16.5. The number of hydrogen-bond donors (Lipinski definition) is 1. The number of morpholine rings is 1. The lowest BCUT2D eigenvalue weighted by molar-refractivity contribution is 0.0342. The molecule has 1 aliphatic carbocycles. The number of hydrogen-bond acceptors (Lipinski definition) is 3. The standard InChI is InChI=1S/C19H28N2O2/c22-19(20-14-16-5-2-1-3-6-16)18-8-4-7-17(13-18)15-21-9-11-23-12-10-21/h4,7-8,13,16H,1-3,5-6,9-12,14-15H2,(H,20,22). The van der Waals surface area contributed by atoms with Gasteiger partial charge in [-0.2, -0.15) is 0 Å². The van der Waals surface area contributed by atoms with Crippen LogP contribution in [0, 0.1) is 5.92 Å². The van der Waals surface area contributed by atoms with E-state index in [9.17, 15) is 4.79 Å². The van der Waals surface area contributed by atoms with Crippen LogP contribution in [-0.2, 0) is 11.3 Å². The van der Waals surface area contributed by atoms with Crippen LogP contribution in [0.15, 0.2) is 24.3 Å². The predicted molar refractivity (Wildman–Crippen MR) is 91.4 cm³/mol. The van der Waals surface area contributed by atoms with Gasteiger partial charge in [0.15, 0.2) is 0 Å². The summed E-state index contributed by atoms with van der Waals surface area (Å²) in [7, 11) is 0. The average Bonchev–Trinajstić information content (AvgIpc) is 2.62. The highest BCUT2D eigenvalue weighted by molar-refractivity contribution is 5.94. The minimum Gasteiger partial charge on any atom is -0.379 e. The Morgan fingerprint density at radius 3 is 2.74 bits per heavy atom. The van der Waals surface area contributed by atoms with Crippen LogP contribution in [0.4, 0.5) is 0 Å². The fraction of sp³-hybridized carbons (Fsp3) is 0.632. The van der Waals surface area contributed by atoms with Gasteiger partial charge in [-0.1, -0.05) is 31.4 Å². The number of nitrogens with one attached hydrogen (secondary N) is 1. The average molecular weight is 316 g/mol. The van der Waals surface area contributed by atoms with Crippen molar-refractivity contribution in [3.8, 4) is 0 Å². The first-order valence-corrected chi connectivity index (χ1v) is 8.98. The molecule has 0 radical (unpaired) electrons. The lowest BCUT2D eigenvalue weighted by Crippen LogP contribution is -2.35. The van der Waals surface area contributed by atoms with Gasteiger partial charge in [0.25, 0.3) is 5.91 Å². The summed E-state index contributed by atoms with van der Waals surface area (Å²) in [6.45, 7) is 5.28. The Kier molecular flexibility index (Phi) is 6.06. The lowest BCUT2D eigenvalue weighted by atomic mass is 9.89. The molecule has 0 spiro atoms. The molecule has 0 unspecified atom stereocenters. The maximum atomic E-state index is 12.4. The van der Waals surface area contributed by atoms with E-state index in [0.717, 1.165) is 45.0 Å². The van der Waals surface area contributed by atoms with Crippen LogP contribution >= 0.6 is 0 Å². The highest BCUT2D eigenvalue weighted by Gasteiger charge is 2.15. The molecule has 1 amide bonds. The van der Waals surface area contributed by atoms with Crippen molar-refractivity contribution in [1.29, 1.82) is 0 Å². The van der Waals surface area contributed by atoms with Crippen LogP contribution < -0.4 is 5.32 Å². The van der Waals surface area contributed by atoms with Crippen LogP contribution in [0.2, 0.25) is 0 Å². The van der Waals surface area contributed by atoms with Gasteiger partial charge < -0.3 is 10.1 Å². The van der Waals surface area contributed by atoms with Crippen molar-refractivity contribution < 1.29 is 9.53 Å². The van der Waals surface area contributed by atoms with E-state index in [1.807, 2.05) is 18.2 Å². The number of carbonyl (C=O) groups excluding carboxylic acids is 1. The molecule has 4 nitrogen and oxygen atoms in total. The number of amides is 1. The minimum atomic E-state index is 0.0689.